The molecule has 0 radical (unpaired) electrons. The van der Waals surface area contributed by atoms with Crippen LogP contribution in [0, 0.1) is 5.92 Å². The summed E-state index contributed by atoms with van der Waals surface area (Å²) in [7, 11) is 0. The monoisotopic (exact) mass is 295 g/mol. The maximum Gasteiger partial charge on any atom is 0.0200 e. The molecule has 0 bridgehead atoms. The number of nitrogens with two attached hydrogens (primary N) is 1. The van der Waals surface area contributed by atoms with Crippen molar-refractivity contribution in [3.05, 3.63) is 23.8 Å². The average molecular weight is 296 g/mol. The molecule has 106 valence electrons. The summed E-state index contributed by atoms with van der Waals surface area (Å²) in [5, 5.41) is 0.788. The molecule has 1 aromatic rings. The van der Waals surface area contributed by atoms with Crippen LogP contribution in [0.4, 0.5) is 0 Å². The summed E-state index contributed by atoms with van der Waals surface area (Å²) in [4.78, 5) is 2.79. The van der Waals surface area contributed by atoms with Gasteiger partial charge in [0, 0.05) is 21.6 Å². The van der Waals surface area contributed by atoms with Gasteiger partial charge in [-0.1, -0.05) is 32.8 Å². The summed E-state index contributed by atoms with van der Waals surface area (Å²) in [6.45, 7) is 5.25. The molecular weight excluding hydrogens is 270 g/mol. The summed E-state index contributed by atoms with van der Waals surface area (Å²) in [5.41, 5.74) is 7.35. The van der Waals surface area contributed by atoms with Gasteiger partial charge in [0.25, 0.3) is 0 Å². The normalized spacial score (nSPS) is 23.5. The van der Waals surface area contributed by atoms with Crippen molar-refractivity contribution in [2.45, 2.75) is 61.1 Å². The molecule has 0 spiro atoms. The molecule has 0 amide bonds. The largest absolute Gasteiger partial charge is 0.326 e. The van der Waals surface area contributed by atoms with Crippen LogP contribution in [0.1, 0.15) is 45.1 Å². The maximum absolute atomic E-state index is 5.99. The van der Waals surface area contributed by atoms with Crippen LogP contribution in [0.3, 0.4) is 0 Å². The first-order valence-electron chi connectivity index (χ1n) is 7.36. The van der Waals surface area contributed by atoms with Gasteiger partial charge in [0.15, 0.2) is 0 Å². The van der Waals surface area contributed by atoms with Gasteiger partial charge in [-0.05, 0) is 42.2 Å². The lowest BCUT2D eigenvalue weighted by atomic mass is 9.91. The molecule has 0 saturated heterocycles. The van der Waals surface area contributed by atoms with Crippen LogP contribution >= 0.6 is 23.5 Å². The van der Waals surface area contributed by atoms with Gasteiger partial charge in [-0.3, -0.25) is 0 Å². The average Bonchev–Trinajstić information content (AvgIpc) is 2.39. The van der Waals surface area contributed by atoms with Crippen molar-refractivity contribution in [2.75, 3.05) is 5.75 Å². The van der Waals surface area contributed by atoms with E-state index in [4.69, 9.17) is 5.73 Å². The van der Waals surface area contributed by atoms with Gasteiger partial charge in [0.1, 0.15) is 0 Å². The van der Waals surface area contributed by atoms with E-state index in [1.807, 2.05) is 11.8 Å². The molecule has 1 nitrogen and oxygen atoms in total. The van der Waals surface area contributed by atoms with Crippen LogP contribution < -0.4 is 5.73 Å². The topological polar surface area (TPSA) is 26.0 Å². The highest BCUT2D eigenvalue weighted by molar-refractivity contribution is 8.00. The lowest BCUT2D eigenvalue weighted by Gasteiger charge is -2.27. The van der Waals surface area contributed by atoms with Crippen molar-refractivity contribution in [3.8, 4) is 0 Å². The molecule has 3 heteroatoms. The van der Waals surface area contributed by atoms with E-state index >= 15 is 0 Å². The highest BCUT2D eigenvalue weighted by Gasteiger charge is 2.21. The van der Waals surface area contributed by atoms with Gasteiger partial charge >= 0.3 is 0 Å². The Morgan fingerprint density at radius 1 is 1.26 bits per heavy atom. The fraction of sp³-hybridized carbons (Fsp3) is 0.625. The van der Waals surface area contributed by atoms with E-state index < -0.39 is 0 Å². The summed E-state index contributed by atoms with van der Waals surface area (Å²) in [5.74, 6) is 2.00. The Kier molecular flexibility index (Phi) is 6.11. The van der Waals surface area contributed by atoms with Gasteiger partial charge < -0.3 is 5.73 Å². The van der Waals surface area contributed by atoms with Gasteiger partial charge in [0.05, 0.1) is 0 Å². The van der Waals surface area contributed by atoms with Crippen LogP contribution in [-0.4, -0.2) is 11.0 Å². The number of rotatable bonds is 5. The zero-order valence-corrected chi connectivity index (χ0v) is 13.7. The van der Waals surface area contributed by atoms with Crippen molar-refractivity contribution in [3.63, 3.8) is 0 Å². The zero-order chi connectivity index (χ0) is 13.7. The molecule has 0 heterocycles. The number of hydrogen-bond acceptors (Lipinski definition) is 3. The van der Waals surface area contributed by atoms with Crippen LogP contribution in [0.5, 0.6) is 0 Å². The Labute approximate surface area is 126 Å². The van der Waals surface area contributed by atoms with Crippen LogP contribution in [-0.2, 0) is 6.54 Å². The Hall–Kier alpha value is -0.120. The highest BCUT2D eigenvalue weighted by Crippen LogP contribution is 2.39. The van der Waals surface area contributed by atoms with Crippen LogP contribution in [0.25, 0.3) is 0 Å². The maximum atomic E-state index is 5.99. The molecule has 0 aromatic heterocycles. The molecule has 1 fully saturated rings. The predicted octanol–water partition coefficient (Wildman–Crippen LogP) is 4.93. The summed E-state index contributed by atoms with van der Waals surface area (Å²) >= 11 is 3.98. The standard InChI is InChI=1S/C16H25NS2/c1-3-18-15-8-5-9-16(14(15)11-17)19-13-7-4-6-12(2)10-13/h5,8-9,12-13H,3-4,6-7,10-11,17H2,1-2H3. The molecule has 1 aromatic carbocycles. The molecule has 2 unspecified atom stereocenters. The minimum Gasteiger partial charge on any atom is -0.326 e. The number of benzene rings is 1. The second-order valence-electron chi connectivity index (χ2n) is 5.38. The van der Waals surface area contributed by atoms with E-state index in [0.717, 1.165) is 16.9 Å². The second kappa shape index (κ2) is 7.61. The first-order valence-corrected chi connectivity index (χ1v) is 9.22. The van der Waals surface area contributed by atoms with E-state index in [1.54, 1.807) is 0 Å². The molecule has 2 atom stereocenters. The predicted molar refractivity (Wildman–Crippen MR) is 88.0 cm³/mol. The lowest BCUT2D eigenvalue weighted by Crippen LogP contribution is -2.15. The fourth-order valence-corrected chi connectivity index (χ4v) is 5.29. The van der Waals surface area contributed by atoms with Gasteiger partial charge in [-0.2, -0.15) is 0 Å². The molecule has 2 rings (SSSR count). The smallest absolute Gasteiger partial charge is 0.0200 e. The van der Waals surface area contributed by atoms with Crippen LogP contribution in [0.15, 0.2) is 28.0 Å². The SMILES string of the molecule is CCSc1cccc(SC2CCCC(C)C2)c1CN. The van der Waals surface area contributed by atoms with Crippen molar-refractivity contribution in [1.29, 1.82) is 0 Å². The van der Waals surface area contributed by atoms with Gasteiger partial charge in [-0.25, -0.2) is 0 Å². The Morgan fingerprint density at radius 3 is 2.74 bits per heavy atom. The minimum absolute atomic E-state index is 0.660. The molecule has 2 N–H and O–H groups in total. The minimum atomic E-state index is 0.660. The van der Waals surface area contributed by atoms with Crippen LogP contribution in [0.2, 0.25) is 0 Å². The van der Waals surface area contributed by atoms with Crippen molar-refractivity contribution >= 4 is 23.5 Å². The third-order valence-corrected chi connectivity index (χ3v) is 6.16. The summed E-state index contributed by atoms with van der Waals surface area (Å²) < 4.78 is 0. The van der Waals surface area contributed by atoms with E-state index in [9.17, 15) is 0 Å². The Morgan fingerprint density at radius 2 is 2.05 bits per heavy atom. The first-order chi connectivity index (χ1) is 9.24. The van der Waals surface area contributed by atoms with E-state index in [2.05, 4.69) is 43.8 Å². The molecule has 1 saturated carbocycles. The Bertz CT molecular complexity index is 406. The van der Waals surface area contributed by atoms with Crippen molar-refractivity contribution in [1.82, 2.24) is 0 Å². The molecule has 1 aliphatic rings. The lowest BCUT2D eigenvalue weighted by molar-refractivity contribution is 0.394. The zero-order valence-electron chi connectivity index (χ0n) is 12.0. The summed E-state index contributed by atoms with van der Waals surface area (Å²) in [6.07, 6.45) is 5.52. The third-order valence-electron chi connectivity index (χ3n) is 3.78. The van der Waals surface area contributed by atoms with Gasteiger partial charge in [-0.15, -0.1) is 23.5 Å². The fourth-order valence-electron chi connectivity index (χ4n) is 2.81. The summed E-state index contributed by atoms with van der Waals surface area (Å²) in [6, 6.07) is 6.65. The molecule has 19 heavy (non-hydrogen) atoms. The Balaban J connectivity index is 2.12. The quantitative estimate of drug-likeness (QED) is 0.780. The number of thioether (sulfide) groups is 2. The molecule has 0 aliphatic heterocycles. The van der Waals surface area contributed by atoms with E-state index in [1.165, 1.54) is 41.0 Å². The van der Waals surface area contributed by atoms with Crippen molar-refractivity contribution in [2.24, 2.45) is 11.7 Å². The number of hydrogen-bond donors (Lipinski definition) is 1. The first kappa shape index (κ1) is 15.3. The highest BCUT2D eigenvalue weighted by atomic mass is 32.2. The second-order valence-corrected chi connectivity index (χ2v) is 8.03. The third kappa shape index (κ3) is 4.17. The van der Waals surface area contributed by atoms with E-state index in [-0.39, 0.29) is 0 Å². The molecule has 1 aliphatic carbocycles. The van der Waals surface area contributed by atoms with Gasteiger partial charge in [0.2, 0.25) is 0 Å². The van der Waals surface area contributed by atoms with Crippen molar-refractivity contribution < 1.29 is 0 Å². The molecular formula is C16H25NS2. The van der Waals surface area contributed by atoms with E-state index in [0.29, 0.717) is 6.54 Å².